The van der Waals surface area contributed by atoms with Crippen LogP contribution in [0.5, 0.6) is 0 Å². The number of fused-ring (bicyclic) bond motifs is 1. The van der Waals surface area contributed by atoms with Gasteiger partial charge in [-0.3, -0.25) is 9.59 Å². The summed E-state index contributed by atoms with van der Waals surface area (Å²) < 4.78 is 39.2. The number of para-hydroxylation sites is 1. The van der Waals surface area contributed by atoms with Crippen molar-refractivity contribution in [2.24, 2.45) is 11.3 Å². The lowest BCUT2D eigenvalue weighted by Gasteiger charge is -2.31. The third-order valence-corrected chi connectivity index (χ3v) is 6.28. The number of rotatable bonds is 10. The van der Waals surface area contributed by atoms with Gasteiger partial charge in [0.1, 0.15) is 0 Å². The van der Waals surface area contributed by atoms with Crippen LogP contribution < -0.4 is 0 Å². The van der Waals surface area contributed by atoms with Crippen molar-refractivity contribution in [3.63, 3.8) is 0 Å². The van der Waals surface area contributed by atoms with E-state index in [2.05, 4.69) is 4.98 Å². The number of aromatic amines is 1. The highest BCUT2D eigenvalue weighted by molar-refractivity contribution is 5.85. The zero-order valence-electron chi connectivity index (χ0n) is 22.9. The number of benzene rings is 2. The van der Waals surface area contributed by atoms with E-state index in [4.69, 9.17) is 0 Å². The maximum absolute atomic E-state index is 13.6. The van der Waals surface area contributed by atoms with Gasteiger partial charge in [-0.25, -0.2) is 0 Å². The molecule has 2 amide bonds. The smallest absolute Gasteiger partial charge is 0.361 e. The average molecular weight is 530 g/mol. The van der Waals surface area contributed by atoms with E-state index < -0.39 is 11.7 Å². The molecule has 0 radical (unpaired) electrons. The maximum atomic E-state index is 13.6. The van der Waals surface area contributed by atoms with Crippen LogP contribution in [0.1, 0.15) is 57.7 Å². The summed E-state index contributed by atoms with van der Waals surface area (Å²) in [5.74, 6) is -0.125. The van der Waals surface area contributed by atoms with Gasteiger partial charge in [-0.15, -0.1) is 0 Å². The second-order valence-electron chi connectivity index (χ2n) is 11.5. The number of amides is 2. The summed E-state index contributed by atoms with van der Waals surface area (Å²) in [5.41, 5.74) is 1.70. The molecule has 5 nitrogen and oxygen atoms in total. The molecule has 3 aromatic rings. The zero-order valence-corrected chi connectivity index (χ0v) is 22.9. The van der Waals surface area contributed by atoms with Crippen molar-refractivity contribution in [1.82, 2.24) is 14.8 Å². The van der Waals surface area contributed by atoms with E-state index >= 15 is 0 Å². The van der Waals surface area contributed by atoms with Gasteiger partial charge in [0, 0.05) is 43.2 Å². The van der Waals surface area contributed by atoms with Crippen LogP contribution in [0.2, 0.25) is 0 Å². The highest BCUT2D eigenvalue weighted by Crippen LogP contribution is 2.29. The molecular weight excluding hydrogens is 491 g/mol. The highest BCUT2D eigenvalue weighted by atomic mass is 19.4. The third kappa shape index (κ3) is 8.36. The molecule has 1 N–H and O–H groups in total. The van der Waals surface area contributed by atoms with Crippen LogP contribution >= 0.6 is 0 Å². The van der Waals surface area contributed by atoms with E-state index in [1.165, 1.54) is 12.1 Å². The zero-order chi connectivity index (χ0) is 28.1. The van der Waals surface area contributed by atoms with Crippen LogP contribution in [-0.4, -0.2) is 46.2 Å². The SMILES string of the molecule is CC(C)CN(CC(=O)N(CCc1c[nH]c2ccccc12)Cc1ccc(C(F)(F)F)cc1)C(=O)CC(C)(C)C. The van der Waals surface area contributed by atoms with Gasteiger partial charge in [0.15, 0.2) is 0 Å². The van der Waals surface area contributed by atoms with Crippen molar-refractivity contribution in [2.75, 3.05) is 19.6 Å². The molecule has 0 saturated heterocycles. The minimum atomic E-state index is -4.42. The summed E-state index contributed by atoms with van der Waals surface area (Å²) >= 11 is 0. The first kappa shape index (κ1) is 29.3. The normalized spacial score (nSPS) is 12.2. The lowest BCUT2D eigenvalue weighted by molar-refractivity contribution is -0.142. The van der Waals surface area contributed by atoms with Gasteiger partial charge in [0.05, 0.1) is 12.1 Å². The summed E-state index contributed by atoms with van der Waals surface area (Å²) in [7, 11) is 0. The van der Waals surface area contributed by atoms with E-state index in [0.717, 1.165) is 28.6 Å². The topological polar surface area (TPSA) is 56.4 Å². The molecule has 2 aromatic carbocycles. The molecule has 206 valence electrons. The van der Waals surface area contributed by atoms with Crippen molar-refractivity contribution in [3.05, 3.63) is 71.4 Å². The molecule has 0 aliphatic heterocycles. The van der Waals surface area contributed by atoms with Crippen molar-refractivity contribution in [3.8, 4) is 0 Å². The van der Waals surface area contributed by atoms with Gasteiger partial charge in [-0.2, -0.15) is 13.2 Å². The Balaban J connectivity index is 1.82. The third-order valence-electron chi connectivity index (χ3n) is 6.28. The van der Waals surface area contributed by atoms with Crippen LogP contribution in [-0.2, 0) is 28.7 Å². The lowest BCUT2D eigenvalue weighted by Crippen LogP contribution is -2.45. The van der Waals surface area contributed by atoms with Crippen molar-refractivity contribution in [1.29, 1.82) is 0 Å². The summed E-state index contributed by atoms with van der Waals surface area (Å²) in [6, 6.07) is 12.8. The molecular formula is C30H38F3N3O2. The van der Waals surface area contributed by atoms with Crippen LogP contribution in [0, 0.1) is 11.3 Å². The van der Waals surface area contributed by atoms with Crippen LogP contribution in [0.25, 0.3) is 10.9 Å². The molecule has 8 heteroatoms. The summed E-state index contributed by atoms with van der Waals surface area (Å²) in [6.07, 6.45) is -1.62. The number of nitrogens with zero attached hydrogens (tertiary/aromatic N) is 2. The number of halogens is 3. The molecule has 0 bridgehead atoms. The Labute approximate surface area is 223 Å². The molecule has 1 aromatic heterocycles. The molecule has 0 aliphatic rings. The van der Waals surface area contributed by atoms with Crippen molar-refractivity contribution in [2.45, 2.75) is 60.2 Å². The first-order chi connectivity index (χ1) is 17.7. The minimum Gasteiger partial charge on any atom is -0.361 e. The first-order valence-corrected chi connectivity index (χ1v) is 13.0. The second-order valence-corrected chi connectivity index (χ2v) is 11.5. The Morgan fingerprint density at radius 2 is 1.58 bits per heavy atom. The van der Waals surface area contributed by atoms with Gasteiger partial charge >= 0.3 is 6.18 Å². The monoisotopic (exact) mass is 529 g/mol. The molecule has 38 heavy (non-hydrogen) atoms. The van der Waals surface area contributed by atoms with Gasteiger partial charge in [0.2, 0.25) is 11.8 Å². The molecule has 0 saturated carbocycles. The predicted octanol–water partition coefficient (Wildman–Crippen LogP) is 6.68. The van der Waals surface area contributed by atoms with E-state index in [1.807, 2.05) is 65.1 Å². The number of nitrogens with one attached hydrogen (secondary N) is 1. The second kappa shape index (κ2) is 12.0. The van der Waals surface area contributed by atoms with Crippen molar-refractivity contribution >= 4 is 22.7 Å². The number of carbonyl (C=O) groups excluding carboxylic acids is 2. The average Bonchev–Trinajstić information content (AvgIpc) is 3.22. The van der Waals surface area contributed by atoms with Gasteiger partial charge in [-0.1, -0.05) is 65.0 Å². The van der Waals surface area contributed by atoms with E-state index in [9.17, 15) is 22.8 Å². The Bertz CT molecular complexity index is 1220. The Morgan fingerprint density at radius 1 is 0.921 bits per heavy atom. The van der Waals surface area contributed by atoms with E-state index in [0.29, 0.717) is 31.5 Å². The minimum absolute atomic E-state index is 0.0678. The molecule has 0 fully saturated rings. The van der Waals surface area contributed by atoms with Gasteiger partial charge in [0.25, 0.3) is 0 Å². The van der Waals surface area contributed by atoms with Gasteiger partial charge < -0.3 is 14.8 Å². The lowest BCUT2D eigenvalue weighted by atomic mass is 9.91. The van der Waals surface area contributed by atoms with Crippen molar-refractivity contribution < 1.29 is 22.8 Å². The number of hydrogen-bond acceptors (Lipinski definition) is 2. The van der Waals surface area contributed by atoms with E-state index in [1.54, 1.807) is 9.80 Å². The van der Waals surface area contributed by atoms with Gasteiger partial charge in [-0.05, 0) is 47.1 Å². The number of H-pyrrole nitrogens is 1. The number of carbonyl (C=O) groups is 2. The summed E-state index contributed by atoms with van der Waals surface area (Å²) in [6.45, 7) is 10.9. The fourth-order valence-corrected chi connectivity index (χ4v) is 4.43. The summed E-state index contributed by atoms with van der Waals surface area (Å²) in [4.78, 5) is 33.2. The van der Waals surface area contributed by atoms with E-state index in [-0.39, 0.29) is 36.2 Å². The van der Waals surface area contributed by atoms with Crippen LogP contribution in [0.4, 0.5) is 13.2 Å². The standard InChI is InChI=1S/C30H38F3N3O2/c1-21(2)18-36(27(37)16-29(3,4)5)20-28(38)35(19-22-10-12-24(13-11-22)30(31,32)33)15-14-23-17-34-26-9-7-6-8-25(23)26/h6-13,17,21,34H,14-16,18-20H2,1-5H3. The first-order valence-electron chi connectivity index (χ1n) is 13.0. The highest BCUT2D eigenvalue weighted by Gasteiger charge is 2.30. The predicted molar refractivity (Wildman–Crippen MR) is 144 cm³/mol. The molecule has 0 spiro atoms. The number of hydrogen-bond donors (Lipinski definition) is 1. The molecule has 3 rings (SSSR count). The Hall–Kier alpha value is -3.29. The number of alkyl halides is 3. The fourth-order valence-electron chi connectivity index (χ4n) is 4.43. The molecule has 0 atom stereocenters. The number of aromatic nitrogens is 1. The Kier molecular flexibility index (Phi) is 9.28. The molecule has 0 unspecified atom stereocenters. The van der Waals surface area contributed by atoms with Crippen LogP contribution in [0.15, 0.2) is 54.7 Å². The largest absolute Gasteiger partial charge is 0.416 e. The molecule has 1 heterocycles. The fraction of sp³-hybridized carbons (Fsp3) is 0.467. The Morgan fingerprint density at radius 3 is 2.18 bits per heavy atom. The maximum Gasteiger partial charge on any atom is 0.416 e. The quantitative estimate of drug-likeness (QED) is 0.319. The summed E-state index contributed by atoms with van der Waals surface area (Å²) in [5, 5.41) is 1.07. The van der Waals surface area contributed by atoms with Crippen LogP contribution in [0.3, 0.4) is 0 Å². The molecule has 0 aliphatic carbocycles.